The Morgan fingerprint density at radius 3 is 2.00 bits per heavy atom. The van der Waals surface area contributed by atoms with E-state index in [0.29, 0.717) is 0 Å². The van der Waals surface area contributed by atoms with Crippen molar-refractivity contribution in [2.75, 3.05) is 0 Å². The normalized spacial score (nSPS) is 9.00. The molecule has 0 aliphatic carbocycles. The largest absolute Gasteiger partial charge is 1.00 e. The van der Waals surface area contributed by atoms with Crippen molar-refractivity contribution in [1.82, 2.24) is 0 Å². The number of hydrogen-bond acceptors (Lipinski definition) is 0. The molecule has 0 heterocycles. The zero-order valence-electron chi connectivity index (χ0n) is 6.57. The van der Waals surface area contributed by atoms with Gasteiger partial charge in [0.15, 0.2) is 0 Å². The van der Waals surface area contributed by atoms with E-state index < -0.39 is 0 Å². The van der Waals surface area contributed by atoms with Crippen LogP contribution in [0.5, 0.6) is 0 Å². The van der Waals surface area contributed by atoms with Crippen molar-refractivity contribution >= 4 is 0 Å². The summed E-state index contributed by atoms with van der Waals surface area (Å²) in [7, 11) is 0. The van der Waals surface area contributed by atoms with Crippen LogP contribution in [0.4, 0.5) is 0 Å². The fourth-order valence-electron chi connectivity index (χ4n) is 0.500. The molecular weight excluding hydrogens is 91.0 g/mol. The second-order valence-electron chi connectivity index (χ2n) is 2.27. The molecule has 0 unspecified atom stereocenters. The molecule has 0 N–H and O–H groups in total. The van der Waals surface area contributed by atoms with Gasteiger partial charge in [-0.25, -0.2) is 0 Å². The Morgan fingerprint density at radius 1 is 1.38 bits per heavy atom. The molecule has 1 heteroatoms. The van der Waals surface area contributed by atoms with Gasteiger partial charge in [0.2, 0.25) is 0 Å². The van der Waals surface area contributed by atoms with Crippen molar-refractivity contribution < 1.29 is 18.9 Å². The molecule has 0 nitrogen and oxygen atoms in total. The molecule has 0 atom stereocenters. The molecule has 0 saturated carbocycles. The molecule has 0 saturated heterocycles. The maximum absolute atomic E-state index is 2.35. The minimum absolute atomic E-state index is 0. The van der Waals surface area contributed by atoms with Crippen LogP contribution >= 0.6 is 0 Å². The summed E-state index contributed by atoms with van der Waals surface area (Å²) >= 11 is 0. The second-order valence-corrected chi connectivity index (χ2v) is 2.27. The standard InChI is InChI=1S/C7H15.Li/c1-4-5-6-7(2)3;/h6-7H,4-5H2,1-3H3;/q-1;+1. The fourth-order valence-corrected chi connectivity index (χ4v) is 0.500. The first-order valence-corrected chi connectivity index (χ1v) is 3.10. The first-order chi connectivity index (χ1) is 3.27. The van der Waals surface area contributed by atoms with Crippen LogP contribution in [-0.2, 0) is 0 Å². The van der Waals surface area contributed by atoms with E-state index in [4.69, 9.17) is 0 Å². The third kappa shape index (κ3) is 9.78. The molecule has 0 aromatic rings. The Hall–Kier alpha value is 0.597. The van der Waals surface area contributed by atoms with Crippen molar-refractivity contribution in [2.24, 2.45) is 5.92 Å². The summed E-state index contributed by atoms with van der Waals surface area (Å²) in [5.41, 5.74) is 0. The van der Waals surface area contributed by atoms with Gasteiger partial charge in [-0.3, -0.25) is 0 Å². The Bertz CT molecular complexity index is 33.4. The van der Waals surface area contributed by atoms with E-state index in [1.54, 1.807) is 0 Å². The van der Waals surface area contributed by atoms with Gasteiger partial charge in [0.1, 0.15) is 0 Å². The van der Waals surface area contributed by atoms with Gasteiger partial charge in [-0.2, -0.15) is 12.3 Å². The third-order valence-corrected chi connectivity index (χ3v) is 0.927. The van der Waals surface area contributed by atoms with Gasteiger partial charge >= 0.3 is 18.9 Å². The Labute approximate surface area is 65.2 Å². The van der Waals surface area contributed by atoms with Crippen LogP contribution in [0.2, 0.25) is 0 Å². The van der Waals surface area contributed by atoms with E-state index in [0.717, 1.165) is 5.92 Å². The summed E-state index contributed by atoms with van der Waals surface area (Å²) < 4.78 is 0. The summed E-state index contributed by atoms with van der Waals surface area (Å²) in [6.07, 6.45) is 4.91. The summed E-state index contributed by atoms with van der Waals surface area (Å²) in [6.45, 7) is 6.64. The Balaban J connectivity index is 0. The van der Waals surface area contributed by atoms with Crippen molar-refractivity contribution in [1.29, 1.82) is 0 Å². The summed E-state index contributed by atoms with van der Waals surface area (Å²) in [6, 6.07) is 0. The third-order valence-electron chi connectivity index (χ3n) is 0.927. The van der Waals surface area contributed by atoms with Crippen LogP contribution in [-0.4, -0.2) is 0 Å². The Morgan fingerprint density at radius 2 is 1.88 bits per heavy atom. The van der Waals surface area contributed by atoms with Gasteiger partial charge in [-0.15, -0.1) is 0 Å². The average molecular weight is 106 g/mol. The van der Waals surface area contributed by atoms with Gasteiger partial charge in [0.25, 0.3) is 0 Å². The van der Waals surface area contributed by atoms with Crippen molar-refractivity contribution in [3.8, 4) is 0 Å². The molecule has 0 spiro atoms. The summed E-state index contributed by atoms with van der Waals surface area (Å²) in [5.74, 6) is 0.778. The maximum Gasteiger partial charge on any atom is 1.00 e. The molecule has 0 aromatic heterocycles. The van der Waals surface area contributed by atoms with Crippen LogP contribution in [0.25, 0.3) is 0 Å². The van der Waals surface area contributed by atoms with Gasteiger partial charge in [0.05, 0.1) is 0 Å². The minimum atomic E-state index is 0. The zero-order valence-corrected chi connectivity index (χ0v) is 6.57. The molecular formula is C7H15Li. The van der Waals surface area contributed by atoms with Gasteiger partial charge < -0.3 is 6.42 Å². The molecule has 8 heavy (non-hydrogen) atoms. The van der Waals surface area contributed by atoms with Gasteiger partial charge in [0, 0.05) is 0 Å². The van der Waals surface area contributed by atoms with Gasteiger partial charge in [-0.1, -0.05) is 27.2 Å². The second kappa shape index (κ2) is 7.60. The molecule has 0 aliphatic rings. The monoisotopic (exact) mass is 106 g/mol. The molecule has 0 radical (unpaired) electrons. The molecule has 44 valence electrons. The number of unbranched alkanes of at least 4 members (excludes halogenated alkanes) is 1. The van der Waals surface area contributed by atoms with Crippen molar-refractivity contribution in [3.05, 3.63) is 6.42 Å². The van der Waals surface area contributed by atoms with Crippen LogP contribution in [0.3, 0.4) is 0 Å². The molecule has 0 amide bonds. The first kappa shape index (κ1) is 11.4. The smallest absolute Gasteiger partial charge is 0.326 e. The van der Waals surface area contributed by atoms with Crippen LogP contribution in [0.1, 0.15) is 33.6 Å². The maximum atomic E-state index is 2.35. The molecule has 0 fully saturated rings. The van der Waals surface area contributed by atoms with Crippen molar-refractivity contribution in [3.63, 3.8) is 0 Å². The predicted octanol–water partition coefficient (Wildman–Crippen LogP) is -0.349. The minimum Gasteiger partial charge on any atom is -0.326 e. The fraction of sp³-hybridized carbons (Fsp3) is 0.857. The number of hydrogen-bond donors (Lipinski definition) is 0. The summed E-state index contributed by atoms with van der Waals surface area (Å²) in [5, 5.41) is 0. The molecule has 0 aromatic carbocycles. The van der Waals surface area contributed by atoms with Gasteiger partial charge in [-0.05, 0) is 0 Å². The molecule has 0 aliphatic heterocycles. The van der Waals surface area contributed by atoms with E-state index in [1.165, 1.54) is 12.8 Å². The van der Waals surface area contributed by atoms with E-state index in [-0.39, 0.29) is 18.9 Å². The van der Waals surface area contributed by atoms with Crippen molar-refractivity contribution in [2.45, 2.75) is 33.6 Å². The van der Waals surface area contributed by atoms with E-state index in [1.807, 2.05) is 0 Å². The Kier molecular flexibility index (Phi) is 10.8. The average Bonchev–Trinajstić information content (AvgIpc) is 1.61. The first-order valence-electron chi connectivity index (χ1n) is 3.10. The van der Waals surface area contributed by atoms with E-state index in [9.17, 15) is 0 Å². The summed E-state index contributed by atoms with van der Waals surface area (Å²) in [4.78, 5) is 0. The van der Waals surface area contributed by atoms with Crippen LogP contribution in [0, 0.1) is 12.3 Å². The zero-order chi connectivity index (χ0) is 5.70. The molecule has 0 bridgehead atoms. The van der Waals surface area contributed by atoms with Crippen LogP contribution < -0.4 is 18.9 Å². The quantitative estimate of drug-likeness (QED) is 0.341. The predicted molar refractivity (Wildman–Crippen MR) is 34.0 cm³/mol. The van der Waals surface area contributed by atoms with Crippen LogP contribution in [0.15, 0.2) is 0 Å². The molecule has 0 rings (SSSR count). The topological polar surface area (TPSA) is 0 Å². The number of rotatable bonds is 3. The van der Waals surface area contributed by atoms with E-state index >= 15 is 0 Å². The SMILES string of the molecule is CCC[CH-]C(C)C.[Li+]. The van der Waals surface area contributed by atoms with E-state index in [2.05, 4.69) is 27.2 Å².